The molecule has 27 heavy (non-hydrogen) atoms. The molecule has 0 bridgehead atoms. The Hall–Kier alpha value is -2.04. The van der Waals surface area contributed by atoms with Crippen LogP contribution in [0.2, 0.25) is 5.02 Å². The number of carbonyl (C=O) groups is 1. The summed E-state index contributed by atoms with van der Waals surface area (Å²) in [7, 11) is 1.64. The fourth-order valence-electron chi connectivity index (χ4n) is 3.68. The number of benzene rings is 2. The number of nitrogens with one attached hydrogen (secondary N) is 2. The van der Waals surface area contributed by atoms with Gasteiger partial charge in [0.25, 0.3) is 0 Å². The molecule has 4 nitrogen and oxygen atoms in total. The van der Waals surface area contributed by atoms with Crippen LogP contribution in [-0.2, 0) is 4.79 Å². The Balaban J connectivity index is 1.78. The van der Waals surface area contributed by atoms with Crippen molar-refractivity contribution in [3.05, 3.63) is 64.7 Å². The van der Waals surface area contributed by atoms with Crippen molar-refractivity contribution >= 4 is 17.5 Å². The minimum Gasteiger partial charge on any atom is -0.496 e. The lowest BCUT2D eigenvalue weighted by molar-refractivity contribution is -0.121. The molecule has 0 saturated carbocycles. The summed E-state index contributed by atoms with van der Waals surface area (Å²) in [5, 5.41) is 7.18. The highest BCUT2D eigenvalue weighted by molar-refractivity contribution is 6.31. The molecule has 2 aromatic carbocycles. The number of hydrogen-bond donors (Lipinski definition) is 2. The first-order valence-electron chi connectivity index (χ1n) is 9.56. The molecule has 1 aliphatic heterocycles. The lowest BCUT2D eigenvalue weighted by Gasteiger charge is -2.25. The molecule has 0 aliphatic carbocycles. The van der Waals surface area contributed by atoms with Crippen LogP contribution in [-0.4, -0.2) is 26.1 Å². The molecule has 2 N–H and O–H groups in total. The molecular weight excluding hydrogens is 360 g/mol. The molecule has 0 radical (unpaired) electrons. The van der Waals surface area contributed by atoms with Gasteiger partial charge in [-0.15, -0.1) is 0 Å². The molecule has 1 aliphatic rings. The van der Waals surface area contributed by atoms with E-state index >= 15 is 0 Å². The third-order valence-corrected chi connectivity index (χ3v) is 5.55. The maximum absolute atomic E-state index is 12.7. The van der Waals surface area contributed by atoms with Crippen LogP contribution in [0.4, 0.5) is 0 Å². The predicted octanol–water partition coefficient (Wildman–Crippen LogP) is 4.33. The number of halogens is 1. The van der Waals surface area contributed by atoms with E-state index in [-0.39, 0.29) is 11.9 Å². The van der Waals surface area contributed by atoms with Gasteiger partial charge < -0.3 is 15.4 Å². The average molecular weight is 387 g/mol. The summed E-state index contributed by atoms with van der Waals surface area (Å²) in [4.78, 5) is 12.7. The van der Waals surface area contributed by atoms with Crippen molar-refractivity contribution < 1.29 is 9.53 Å². The van der Waals surface area contributed by atoms with E-state index in [9.17, 15) is 4.79 Å². The molecule has 3 rings (SSSR count). The van der Waals surface area contributed by atoms with Crippen molar-refractivity contribution in [2.45, 2.75) is 31.7 Å². The van der Waals surface area contributed by atoms with Crippen molar-refractivity contribution in [2.24, 2.45) is 5.92 Å². The van der Waals surface area contributed by atoms with E-state index in [1.807, 2.05) is 48.5 Å². The van der Waals surface area contributed by atoms with Crippen molar-refractivity contribution in [3.63, 3.8) is 0 Å². The first kappa shape index (κ1) is 19.7. The molecule has 1 fully saturated rings. The van der Waals surface area contributed by atoms with Crippen molar-refractivity contribution in [3.8, 4) is 5.75 Å². The summed E-state index contributed by atoms with van der Waals surface area (Å²) >= 11 is 6.45. The summed E-state index contributed by atoms with van der Waals surface area (Å²) < 4.78 is 5.52. The first-order valence-corrected chi connectivity index (χ1v) is 9.94. The van der Waals surface area contributed by atoms with Crippen molar-refractivity contribution in [1.29, 1.82) is 0 Å². The second kappa shape index (κ2) is 9.77. The maximum atomic E-state index is 12.7. The van der Waals surface area contributed by atoms with Gasteiger partial charge in [0.05, 0.1) is 13.2 Å². The second-order valence-corrected chi connectivity index (χ2v) is 7.40. The average Bonchev–Trinajstić information content (AvgIpc) is 2.72. The molecule has 1 unspecified atom stereocenters. The standard InChI is InChI=1S/C22H27ClN2O2/c1-27-20-9-5-3-7-18(20)22(17-6-2-4-8-19(17)23)25-21(26)11-10-16-12-14-24-15-13-16/h2-9,16,22,24H,10-15H2,1H3,(H,25,26). The number of piperidine rings is 1. The normalized spacial score (nSPS) is 15.9. The molecule has 1 atom stereocenters. The number of carbonyl (C=O) groups excluding carboxylic acids is 1. The Labute approximate surface area is 166 Å². The largest absolute Gasteiger partial charge is 0.496 e. The summed E-state index contributed by atoms with van der Waals surface area (Å²) in [5.74, 6) is 1.41. The van der Waals surface area contributed by atoms with Crippen LogP contribution in [0, 0.1) is 5.92 Å². The minimum absolute atomic E-state index is 0.0457. The van der Waals surface area contributed by atoms with Gasteiger partial charge in [-0.05, 0) is 56.0 Å². The maximum Gasteiger partial charge on any atom is 0.220 e. The Morgan fingerprint density at radius 1 is 1.15 bits per heavy atom. The Morgan fingerprint density at radius 2 is 1.81 bits per heavy atom. The summed E-state index contributed by atoms with van der Waals surface area (Å²) in [5.41, 5.74) is 1.78. The van der Waals surface area contributed by atoms with Gasteiger partial charge in [-0.3, -0.25) is 4.79 Å². The van der Waals surface area contributed by atoms with Crippen LogP contribution in [0.15, 0.2) is 48.5 Å². The summed E-state index contributed by atoms with van der Waals surface area (Å²) in [6.07, 6.45) is 3.75. The molecule has 1 heterocycles. The topological polar surface area (TPSA) is 50.4 Å². The minimum atomic E-state index is -0.338. The van der Waals surface area contributed by atoms with Crippen LogP contribution >= 0.6 is 11.6 Å². The highest BCUT2D eigenvalue weighted by atomic mass is 35.5. The molecule has 0 aromatic heterocycles. The van der Waals surface area contributed by atoms with Gasteiger partial charge in [-0.25, -0.2) is 0 Å². The van der Waals surface area contributed by atoms with Gasteiger partial charge in [0.2, 0.25) is 5.91 Å². The fraction of sp³-hybridized carbons (Fsp3) is 0.409. The van der Waals surface area contributed by atoms with Crippen molar-refractivity contribution in [2.75, 3.05) is 20.2 Å². The Morgan fingerprint density at radius 3 is 2.52 bits per heavy atom. The number of hydrogen-bond acceptors (Lipinski definition) is 3. The van der Waals surface area contributed by atoms with Gasteiger partial charge in [0.15, 0.2) is 0 Å². The van der Waals surface area contributed by atoms with E-state index < -0.39 is 0 Å². The fourth-order valence-corrected chi connectivity index (χ4v) is 3.92. The third kappa shape index (κ3) is 5.24. The zero-order valence-corrected chi connectivity index (χ0v) is 16.5. The molecule has 1 amide bonds. The molecule has 2 aromatic rings. The number of rotatable bonds is 7. The quantitative estimate of drug-likeness (QED) is 0.744. The first-order chi connectivity index (χ1) is 13.2. The van der Waals surface area contributed by atoms with Gasteiger partial charge in [-0.1, -0.05) is 48.0 Å². The summed E-state index contributed by atoms with van der Waals surface area (Å²) in [6.45, 7) is 2.10. The van der Waals surface area contributed by atoms with E-state index in [4.69, 9.17) is 16.3 Å². The number of ether oxygens (including phenoxy) is 1. The third-order valence-electron chi connectivity index (χ3n) is 5.21. The van der Waals surface area contributed by atoms with Crippen molar-refractivity contribution in [1.82, 2.24) is 10.6 Å². The SMILES string of the molecule is COc1ccccc1C(NC(=O)CCC1CCNCC1)c1ccccc1Cl. The highest BCUT2D eigenvalue weighted by Gasteiger charge is 2.23. The Kier molecular flexibility index (Phi) is 7.13. The zero-order valence-electron chi connectivity index (χ0n) is 15.7. The van der Waals surface area contributed by atoms with Crippen LogP contribution in [0.25, 0.3) is 0 Å². The van der Waals surface area contributed by atoms with Crippen LogP contribution in [0.5, 0.6) is 5.75 Å². The lowest BCUT2D eigenvalue weighted by atomic mass is 9.92. The van der Waals surface area contributed by atoms with Crippen LogP contribution in [0.1, 0.15) is 42.9 Å². The highest BCUT2D eigenvalue weighted by Crippen LogP contribution is 2.33. The van der Waals surface area contributed by atoms with Crippen LogP contribution < -0.4 is 15.4 Å². The smallest absolute Gasteiger partial charge is 0.220 e. The molecule has 144 valence electrons. The van der Waals surface area contributed by atoms with Gasteiger partial charge in [0.1, 0.15) is 5.75 Å². The predicted molar refractivity (Wildman–Crippen MR) is 109 cm³/mol. The van der Waals surface area contributed by atoms with Crippen LogP contribution in [0.3, 0.4) is 0 Å². The van der Waals surface area contributed by atoms with E-state index in [2.05, 4.69) is 10.6 Å². The number of amides is 1. The molecule has 1 saturated heterocycles. The van der Waals surface area contributed by atoms with Gasteiger partial charge in [0, 0.05) is 17.0 Å². The monoisotopic (exact) mass is 386 g/mol. The molecule has 5 heteroatoms. The zero-order chi connectivity index (χ0) is 19.1. The second-order valence-electron chi connectivity index (χ2n) is 7.00. The lowest BCUT2D eigenvalue weighted by Crippen LogP contribution is -2.31. The van der Waals surface area contributed by atoms with E-state index in [1.54, 1.807) is 7.11 Å². The van der Waals surface area contributed by atoms with Gasteiger partial charge in [-0.2, -0.15) is 0 Å². The van der Waals surface area contributed by atoms with Gasteiger partial charge >= 0.3 is 0 Å². The Bertz CT molecular complexity index is 759. The number of methoxy groups -OCH3 is 1. The van der Waals surface area contributed by atoms with E-state index in [0.29, 0.717) is 17.4 Å². The molecular formula is C22H27ClN2O2. The van der Waals surface area contributed by atoms with E-state index in [1.165, 1.54) is 0 Å². The summed E-state index contributed by atoms with van der Waals surface area (Å²) in [6, 6.07) is 15.0. The molecule has 0 spiro atoms. The van der Waals surface area contributed by atoms with E-state index in [0.717, 1.165) is 49.2 Å². The number of para-hydroxylation sites is 1.